The summed E-state index contributed by atoms with van der Waals surface area (Å²) in [7, 11) is 0. The van der Waals surface area contributed by atoms with Crippen LogP contribution in [0.3, 0.4) is 0 Å². The number of halogens is 1. The number of hydrogen-bond donors (Lipinski definition) is 3. The zero-order valence-corrected chi connectivity index (χ0v) is 7.47. The molecule has 3 N–H and O–H groups in total. The molecule has 0 spiro atoms. The van der Waals surface area contributed by atoms with E-state index >= 15 is 0 Å². The molecule has 1 heterocycles. The Hall–Kier alpha value is -0.320. The van der Waals surface area contributed by atoms with Gasteiger partial charge in [-0.2, -0.15) is 0 Å². The zero-order chi connectivity index (χ0) is 8.97. The van der Waals surface area contributed by atoms with Crippen LogP contribution in [0.1, 0.15) is 6.42 Å². The minimum absolute atomic E-state index is 0.0524. The van der Waals surface area contributed by atoms with E-state index in [0.29, 0.717) is 13.0 Å². The Balaban J connectivity index is 2.33. The lowest BCUT2D eigenvalue weighted by Crippen LogP contribution is -2.54. The van der Waals surface area contributed by atoms with E-state index in [2.05, 4.69) is 10.6 Å². The number of aliphatic hydroxyl groups is 1. The van der Waals surface area contributed by atoms with Gasteiger partial charge in [0.1, 0.15) is 5.88 Å². The van der Waals surface area contributed by atoms with E-state index in [0.717, 1.165) is 6.54 Å². The number of amides is 1. The Morgan fingerprint density at radius 1 is 1.75 bits per heavy atom. The van der Waals surface area contributed by atoms with Crippen molar-refractivity contribution in [3.8, 4) is 0 Å². The van der Waals surface area contributed by atoms with Gasteiger partial charge in [-0.05, 0) is 13.0 Å². The molecule has 1 saturated heterocycles. The van der Waals surface area contributed by atoms with Crippen molar-refractivity contribution in [3.63, 3.8) is 0 Å². The fourth-order valence-corrected chi connectivity index (χ4v) is 1.31. The molecule has 4 nitrogen and oxygen atoms in total. The van der Waals surface area contributed by atoms with Crippen molar-refractivity contribution in [1.82, 2.24) is 10.6 Å². The van der Waals surface area contributed by atoms with Crippen molar-refractivity contribution in [2.45, 2.75) is 18.6 Å². The number of aliphatic hydroxyl groups excluding tert-OH is 1. The maximum atomic E-state index is 10.8. The average molecular weight is 193 g/mol. The minimum atomic E-state index is -0.446. The van der Waals surface area contributed by atoms with Gasteiger partial charge < -0.3 is 15.7 Å². The summed E-state index contributed by atoms with van der Waals surface area (Å²) in [5.41, 5.74) is 0. The van der Waals surface area contributed by atoms with Gasteiger partial charge in [-0.3, -0.25) is 4.79 Å². The summed E-state index contributed by atoms with van der Waals surface area (Å²) in [4.78, 5) is 10.8. The third-order valence-electron chi connectivity index (χ3n) is 1.91. The second-order valence-corrected chi connectivity index (χ2v) is 3.14. The van der Waals surface area contributed by atoms with Gasteiger partial charge >= 0.3 is 0 Å². The van der Waals surface area contributed by atoms with Crippen LogP contribution in [0.15, 0.2) is 0 Å². The number of carbonyl (C=O) groups excluding carboxylic acids is 1. The highest BCUT2D eigenvalue weighted by atomic mass is 35.5. The molecule has 0 radical (unpaired) electrons. The highest BCUT2D eigenvalue weighted by molar-refractivity contribution is 6.27. The van der Waals surface area contributed by atoms with Gasteiger partial charge in [0.05, 0.1) is 12.1 Å². The van der Waals surface area contributed by atoms with Crippen molar-refractivity contribution < 1.29 is 9.90 Å². The molecule has 70 valence electrons. The summed E-state index contributed by atoms with van der Waals surface area (Å²) in [6.45, 7) is 1.41. The number of hydrogen-bond acceptors (Lipinski definition) is 3. The minimum Gasteiger partial charge on any atom is -0.391 e. The van der Waals surface area contributed by atoms with Crippen LogP contribution in [0.25, 0.3) is 0 Å². The van der Waals surface area contributed by atoms with Crippen LogP contribution >= 0.6 is 11.6 Å². The van der Waals surface area contributed by atoms with E-state index in [-0.39, 0.29) is 17.8 Å². The van der Waals surface area contributed by atoms with Crippen LogP contribution in [0.2, 0.25) is 0 Å². The number of piperidine rings is 1. The Morgan fingerprint density at radius 2 is 2.50 bits per heavy atom. The van der Waals surface area contributed by atoms with Crippen LogP contribution in [0, 0.1) is 0 Å². The Labute approximate surface area is 76.3 Å². The lowest BCUT2D eigenvalue weighted by Gasteiger charge is -2.28. The molecule has 1 rings (SSSR count). The zero-order valence-electron chi connectivity index (χ0n) is 6.72. The Kier molecular flexibility index (Phi) is 3.78. The molecule has 5 heteroatoms. The summed E-state index contributed by atoms with van der Waals surface area (Å²) < 4.78 is 0. The van der Waals surface area contributed by atoms with Crippen molar-refractivity contribution in [2.75, 3.05) is 19.0 Å². The van der Waals surface area contributed by atoms with E-state index in [4.69, 9.17) is 11.6 Å². The Morgan fingerprint density at radius 3 is 3.08 bits per heavy atom. The quantitative estimate of drug-likeness (QED) is 0.496. The molecule has 0 bridgehead atoms. The van der Waals surface area contributed by atoms with Gasteiger partial charge in [-0.25, -0.2) is 0 Å². The van der Waals surface area contributed by atoms with Crippen LogP contribution in [0.5, 0.6) is 0 Å². The van der Waals surface area contributed by atoms with Crippen molar-refractivity contribution in [1.29, 1.82) is 0 Å². The molecule has 0 unspecified atom stereocenters. The Bertz CT molecular complexity index is 165. The van der Waals surface area contributed by atoms with Gasteiger partial charge in [0, 0.05) is 6.54 Å². The summed E-state index contributed by atoms with van der Waals surface area (Å²) in [5, 5.41) is 15.1. The first-order valence-corrected chi connectivity index (χ1v) is 4.51. The first kappa shape index (κ1) is 9.77. The molecular weight excluding hydrogens is 180 g/mol. The molecule has 1 amide bonds. The maximum absolute atomic E-state index is 10.8. The molecule has 12 heavy (non-hydrogen) atoms. The summed E-state index contributed by atoms with van der Waals surface area (Å²) in [6, 6.07) is -0.190. The molecular formula is C7H13ClN2O2. The second kappa shape index (κ2) is 4.64. The SMILES string of the molecule is O=C(CCl)N[C@H]1CNCC[C@@H]1O. The molecule has 1 aliphatic rings. The van der Waals surface area contributed by atoms with Gasteiger partial charge in [-0.1, -0.05) is 0 Å². The fraction of sp³-hybridized carbons (Fsp3) is 0.857. The monoisotopic (exact) mass is 192 g/mol. The molecule has 0 aliphatic carbocycles. The van der Waals surface area contributed by atoms with Gasteiger partial charge in [-0.15, -0.1) is 11.6 Å². The van der Waals surface area contributed by atoms with Crippen LogP contribution in [-0.4, -0.2) is 42.1 Å². The molecule has 1 fully saturated rings. The average Bonchev–Trinajstić information content (AvgIpc) is 2.09. The highest BCUT2D eigenvalue weighted by Gasteiger charge is 2.23. The van der Waals surface area contributed by atoms with E-state index in [1.54, 1.807) is 0 Å². The van der Waals surface area contributed by atoms with Gasteiger partial charge in [0.15, 0.2) is 0 Å². The molecule has 0 saturated carbocycles. The lowest BCUT2D eigenvalue weighted by molar-refractivity contribution is -0.120. The van der Waals surface area contributed by atoms with Crippen LogP contribution in [0.4, 0.5) is 0 Å². The summed E-state index contributed by atoms with van der Waals surface area (Å²) >= 11 is 5.30. The number of nitrogens with one attached hydrogen (secondary N) is 2. The lowest BCUT2D eigenvalue weighted by atomic mass is 10.0. The smallest absolute Gasteiger partial charge is 0.235 e. The predicted octanol–water partition coefficient (Wildman–Crippen LogP) is -0.936. The number of alkyl halides is 1. The number of carbonyl (C=O) groups is 1. The standard InChI is InChI=1S/C7H13ClN2O2/c8-3-7(12)10-5-4-9-2-1-6(5)11/h5-6,9,11H,1-4H2,(H,10,12)/t5-,6-/m0/s1. The fourth-order valence-electron chi connectivity index (χ4n) is 1.24. The van der Waals surface area contributed by atoms with E-state index in [1.807, 2.05) is 0 Å². The number of rotatable bonds is 2. The van der Waals surface area contributed by atoms with Crippen molar-refractivity contribution >= 4 is 17.5 Å². The van der Waals surface area contributed by atoms with Crippen molar-refractivity contribution in [2.24, 2.45) is 0 Å². The predicted molar refractivity (Wildman–Crippen MR) is 46.1 cm³/mol. The maximum Gasteiger partial charge on any atom is 0.235 e. The summed E-state index contributed by atoms with van der Waals surface area (Å²) in [6.07, 6.45) is 0.228. The van der Waals surface area contributed by atoms with Crippen LogP contribution in [-0.2, 0) is 4.79 Å². The topological polar surface area (TPSA) is 61.4 Å². The van der Waals surface area contributed by atoms with Gasteiger partial charge in [0.2, 0.25) is 5.91 Å². The first-order valence-electron chi connectivity index (χ1n) is 3.98. The summed E-state index contributed by atoms with van der Waals surface area (Å²) in [5.74, 6) is -0.284. The third-order valence-corrected chi connectivity index (χ3v) is 2.16. The van der Waals surface area contributed by atoms with E-state index in [1.165, 1.54) is 0 Å². The van der Waals surface area contributed by atoms with E-state index in [9.17, 15) is 9.90 Å². The van der Waals surface area contributed by atoms with Crippen LogP contribution < -0.4 is 10.6 Å². The van der Waals surface area contributed by atoms with E-state index < -0.39 is 6.10 Å². The van der Waals surface area contributed by atoms with Gasteiger partial charge in [0.25, 0.3) is 0 Å². The molecule has 0 aromatic heterocycles. The van der Waals surface area contributed by atoms with Crippen molar-refractivity contribution in [3.05, 3.63) is 0 Å². The normalized spacial score (nSPS) is 29.8. The molecule has 0 aromatic carbocycles. The molecule has 2 atom stereocenters. The largest absolute Gasteiger partial charge is 0.391 e. The second-order valence-electron chi connectivity index (χ2n) is 2.87. The first-order chi connectivity index (χ1) is 5.74. The molecule has 0 aromatic rings. The molecule has 1 aliphatic heterocycles. The highest BCUT2D eigenvalue weighted by Crippen LogP contribution is 2.02. The third kappa shape index (κ3) is 2.62.